The number of rotatable bonds is 2. The van der Waals surface area contributed by atoms with E-state index in [-0.39, 0.29) is 5.43 Å². The van der Waals surface area contributed by atoms with E-state index in [0.29, 0.717) is 17.1 Å². The van der Waals surface area contributed by atoms with Gasteiger partial charge in [0.1, 0.15) is 5.69 Å². The molecule has 0 N–H and O–H groups in total. The Balaban J connectivity index is 2.20. The lowest BCUT2D eigenvalue weighted by molar-refractivity contribution is 0.580. The molecule has 2 aromatic heterocycles. The van der Waals surface area contributed by atoms with Crippen LogP contribution in [0.3, 0.4) is 0 Å². The Bertz CT molecular complexity index is 705. The van der Waals surface area contributed by atoms with E-state index in [2.05, 4.69) is 8.75 Å². The maximum absolute atomic E-state index is 12.3. The fourth-order valence-electron chi connectivity index (χ4n) is 1.65. The quantitative estimate of drug-likeness (QED) is 0.707. The van der Waals surface area contributed by atoms with Gasteiger partial charge in [-0.3, -0.25) is 4.79 Å². The minimum atomic E-state index is -0.213. The van der Waals surface area contributed by atoms with Gasteiger partial charge in [0, 0.05) is 5.56 Å². The summed E-state index contributed by atoms with van der Waals surface area (Å²) < 4.78 is 13.3. The Morgan fingerprint density at radius 1 is 0.944 bits per heavy atom. The van der Waals surface area contributed by atoms with Crippen molar-refractivity contribution in [2.24, 2.45) is 0 Å². The molecule has 1 aromatic carbocycles. The second-order valence-electron chi connectivity index (χ2n) is 3.63. The maximum Gasteiger partial charge on any atom is 0.236 e. The van der Waals surface area contributed by atoms with Gasteiger partial charge in [-0.15, -0.1) is 0 Å². The molecule has 5 heteroatoms. The van der Waals surface area contributed by atoms with Crippen LogP contribution in [0, 0.1) is 0 Å². The molecule has 0 aliphatic heterocycles. The standard InChI is InChI=1S/C13H8N2O2S/c16-13-11(9-5-2-1-3-6-9)14-18-15-12(13)10-7-4-8-17-10/h1-8H. The van der Waals surface area contributed by atoms with Crippen LogP contribution in [0.2, 0.25) is 0 Å². The second-order valence-corrected chi connectivity index (χ2v) is 4.16. The Labute approximate surface area is 107 Å². The Kier molecular flexibility index (Phi) is 2.74. The molecule has 0 aliphatic carbocycles. The molecule has 0 saturated heterocycles. The number of aromatic nitrogens is 2. The highest BCUT2D eigenvalue weighted by molar-refractivity contribution is 6.99. The molecular formula is C13H8N2O2S. The summed E-state index contributed by atoms with van der Waals surface area (Å²) in [6.45, 7) is 0. The SMILES string of the molecule is O=c1c(-c2ccccc2)nsnc1-c1ccco1. The zero-order valence-electron chi connectivity index (χ0n) is 9.24. The zero-order chi connectivity index (χ0) is 12.4. The molecule has 0 radical (unpaired) electrons. The summed E-state index contributed by atoms with van der Waals surface area (Å²) in [5.74, 6) is 0.468. The van der Waals surface area contributed by atoms with Crippen LogP contribution >= 0.6 is 11.7 Å². The first-order valence-electron chi connectivity index (χ1n) is 5.32. The predicted octanol–water partition coefficient (Wildman–Crippen LogP) is 2.83. The highest BCUT2D eigenvalue weighted by Gasteiger charge is 2.14. The molecule has 3 aromatic rings. The summed E-state index contributed by atoms with van der Waals surface area (Å²) in [5, 5.41) is 0. The molecule has 0 unspecified atom stereocenters. The van der Waals surface area contributed by atoms with Gasteiger partial charge in [-0.05, 0) is 12.1 Å². The highest BCUT2D eigenvalue weighted by Crippen LogP contribution is 2.18. The van der Waals surface area contributed by atoms with Crippen LogP contribution in [0.4, 0.5) is 0 Å². The number of hydrogen-bond donors (Lipinski definition) is 0. The lowest BCUT2D eigenvalue weighted by atomic mass is 10.1. The number of furan rings is 1. The van der Waals surface area contributed by atoms with Crippen molar-refractivity contribution < 1.29 is 4.42 Å². The Hall–Kier alpha value is -2.27. The lowest BCUT2D eigenvalue weighted by Gasteiger charge is -1.99. The lowest BCUT2D eigenvalue weighted by Crippen LogP contribution is -2.10. The van der Waals surface area contributed by atoms with Gasteiger partial charge >= 0.3 is 0 Å². The summed E-state index contributed by atoms with van der Waals surface area (Å²) in [6, 6.07) is 12.8. The molecule has 0 saturated carbocycles. The van der Waals surface area contributed by atoms with Crippen LogP contribution in [-0.4, -0.2) is 8.75 Å². The van der Waals surface area contributed by atoms with Gasteiger partial charge in [-0.2, -0.15) is 8.75 Å². The second kappa shape index (κ2) is 4.54. The van der Waals surface area contributed by atoms with Crippen LogP contribution < -0.4 is 5.43 Å². The molecule has 0 fully saturated rings. The van der Waals surface area contributed by atoms with Gasteiger partial charge in [-0.25, -0.2) is 0 Å². The van der Waals surface area contributed by atoms with Gasteiger partial charge in [0.15, 0.2) is 11.5 Å². The average Bonchev–Trinajstić information content (AvgIpc) is 2.94. The first-order chi connectivity index (χ1) is 8.86. The van der Waals surface area contributed by atoms with Crippen molar-refractivity contribution in [1.29, 1.82) is 0 Å². The van der Waals surface area contributed by atoms with E-state index in [1.165, 1.54) is 6.26 Å². The maximum atomic E-state index is 12.3. The largest absolute Gasteiger partial charge is 0.463 e. The van der Waals surface area contributed by atoms with Crippen LogP contribution in [0.25, 0.3) is 22.7 Å². The number of hydrogen-bond acceptors (Lipinski definition) is 5. The fraction of sp³-hybridized carbons (Fsp3) is 0. The van der Waals surface area contributed by atoms with Crippen molar-refractivity contribution in [1.82, 2.24) is 8.75 Å². The van der Waals surface area contributed by atoms with E-state index in [0.717, 1.165) is 17.3 Å². The van der Waals surface area contributed by atoms with Crippen molar-refractivity contribution in [3.8, 4) is 22.7 Å². The Morgan fingerprint density at radius 3 is 2.44 bits per heavy atom. The molecule has 18 heavy (non-hydrogen) atoms. The van der Waals surface area contributed by atoms with Crippen LogP contribution in [0.15, 0.2) is 57.9 Å². The Morgan fingerprint density at radius 2 is 1.72 bits per heavy atom. The number of nitrogens with zero attached hydrogens (tertiary/aromatic N) is 2. The van der Waals surface area contributed by atoms with Crippen LogP contribution in [-0.2, 0) is 0 Å². The molecular weight excluding hydrogens is 248 g/mol. The van der Waals surface area contributed by atoms with Gasteiger partial charge in [-0.1, -0.05) is 30.3 Å². The van der Waals surface area contributed by atoms with Crippen LogP contribution in [0.1, 0.15) is 0 Å². The van der Waals surface area contributed by atoms with E-state index in [1.807, 2.05) is 30.3 Å². The summed E-state index contributed by atoms with van der Waals surface area (Å²) >= 11 is 1.00. The van der Waals surface area contributed by atoms with Crippen molar-refractivity contribution in [3.63, 3.8) is 0 Å². The van der Waals surface area contributed by atoms with Crippen molar-refractivity contribution in [3.05, 3.63) is 59.0 Å². The fourth-order valence-corrected chi connectivity index (χ4v) is 2.21. The van der Waals surface area contributed by atoms with Crippen molar-refractivity contribution >= 4 is 11.7 Å². The molecule has 0 amide bonds. The van der Waals surface area contributed by atoms with Gasteiger partial charge in [0.05, 0.1) is 18.0 Å². The van der Waals surface area contributed by atoms with Gasteiger partial charge in [0.25, 0.3) is 0 Å². The predicted molar refractivity (Wildman–Crippen MR) is 69.3 cm³/mol. The summed E-state index contributed by atoms with van der Waals surface area (Å²) in [6.07, 6.45) is 1.52. The molecule has 88 valence electrons. The van der Waals surface area contributed by atoms with E-state index in [9.17, 15) is 4.79 Å². The molecule has 4 nitrogen and oxygen atoms in total. The normalized spacial score (nSPS) is 10.4. The summed E-state index contributed by atoms with van der Waals surface area (Å²) in [4.78, 5) is 12.3. The third kappa shape index (κ3) is 1.84. The molecule has 0 spiro atoms. The van der Waals surface area contributed by atoms with Crippen molar-refractivity contribution in [2.75, 3.05) is 0 Å². The molecule has 3 rings (SSSR count). The van der Waals surface area contributed by atoms with Gasteiger partial charge < -0.3 is 4.42 Å². The third-order valence-corrected chi connectivity index (χ3v) is 3.02. The van der Waals surface area contributed by atoms with Crippen molar-refractivity contribution in [2.45, 2.75) is 0 Å². The molecule has 0 aliphatic rings. The third-order valence-electron chi connectivity index (χ3n) is 2.50. The summed E-state index contributed by atoms with van der Waals surface area (Å²) in [5.41, 5.74) is 1.28. The number of benzene rings is 1. The van der Waals surface area contributed by atoms with E-state index in [4.69, 9.17) is 4.42 Å². The highest BCUT2D eigenvalue weighted by atomic mass is 32.1. The average molecular weight is 256 g/mol. The van der Waals surface area contributed by atoms with E-state index >= 15 is 0 Å². The first-order valence-corrected chi connectivity index (χ1v) is 6.05. The van der Waals surface area contributed by atoms with E-state index in [1.54, 1.807) is 12.1 Å². The monoisotopic (exact) mass is 256 g/mol. The molecule has 2 heterocycles. The zero-order valence-corrected chi connectivity index (χ0v) is 10.1. The smallest absolute Gasteiger partial charge is 0.236 e. The van der Waals surface area contributed by atoms with Crippen LogP contribution in [0.5, 0.6) is 0 Å². The molecule has 0 bridgehead atoms. The topological polar surface area (TPSA) is 56.0 Å². The molecule has 0 atom stereocenters. The first kappa shape index (κ1) is 10.9. The van der Waals surface area contributed by atoms with E-state index < -0.39 is 0 Å². The minimum Gasteiger partial charge on any atom is -0.463 e. The summed E-state index contributed by atoms with van der Waals surface area (Å²) in [7, 11) is 0. The minimum absolute atomic E-state index is 0.213. The van der Waals surface area contributed by atoms with Gasteiger partial charge in [0.2, 0.25) is 5.43 Å².